The molecule has 0 aliphatic rings. The summed E-state index contributed by atoms with van der Waals surface area (Å²) in [4.78, 5) is 39.6. The van der Waals surface area contributed by atoms with Crippen molar-refractivity contribution in [2.45, 2.75) is 13.3 Å². The van der Waals surface area contributed by atoms with Gasteiger partial charge in [0.2, 0.25) is 0 Å². The van der Waals surface area contributed by atoms with Crippen molar-refractivity contribution in [2.75, 3.05) is 0 Å². The molecule has 5 rings (SSSR count). The number of nitrogens with one attached hydrogen (secondary N) is 2. The first-order valence-electron chi connectivity index (χ1n) is 12.6. The summed E-state index contributed by atoms with van der Waals surface area (Å²) in [5.41, 5.74) is 6.60. The highest BCUT2D eigenvalue weighted by Gasteiger charge is 2.22. The molecular weight excluding hydrogens is 544 g/mol. The van der Waals surface area contributed by atoms with Gasteiger partial charge in [-0.05, 0) is 42.3 Å². The molecule has 0 spiro atoms. The Balaban J connectivity index is 1.40. The highest BCUT2D eigenvalue weighted by molar-refractivity contribution is 6.34. The summed E-state index contributed by atoms with van der Waals surface area (Å²) in [6, 6.07) is 25.0. The van der Waals surface area contributed by atoms with Crippen molar-refractivity contribution in [3.8, 4) is 16.9 Å². The number of para-hydroxylation sites is 2. The molecule has 204 valence electrons. The summed E-state index contributed by atoms with van der Waals surface area (Å²) in [7, 11) is 0. The average molecular weight is 567 g/mol. The van der Waals surface area contributed by atoms with E-state index in [1.807, 2.05) is 43.3 Å². The van der Waals surface area contributed by atoms with Crippen LogP contribution in [0, 0.1) is 10.1 Å². The van der Waals surface area contributed by atoms with E-state index in [0.717, 1.165) is 22.9 Å². The van der Waals surface area contributed by atoms with Gasteiger partial charge in [0.15, 0.2) is 0 Å². The van der Waals surface area contributed by atoms with Crippen molar-refractivity contribution in [3.63, 3.8) is 0 Å². The Morgan fingerprint density at radius 1 is 1.00 bits per heavy atom. The lowest BCUT2D eigenvalue weighted by Crippen LogP contribution is -2.19. The van der Waals surface area contributed by atoms with Gasteiger partial charge in [0.05, 0.1) is 16.7 Å². The number of rotatable bonds is 8. The SMILES string of the molecule is CCc1cccc2c(-c3ccccc3Cl)c(C(=O)NN=Cc3ccccc3OC(=O)c3ccc([N+](=O)[O-])cc3)[nH]c12. The number of halogens is 1. The van der Waals surface area contributed by atoms with Gasteiger partial charge in [-0.2, -0.15) is 5.10 Å². The molecule has 41 heavy (non-hydrogen) atoms. The predicted octanol–water partition coefficient (Wildman–Crippen LogP) is 6.94. The number of aromatic amines is 1. The number of fused-ring (bicyclic) bond motifs is 1. The molecule has 0 saturated heterocycles. The fourth-order valence-electron chi connectivity index (χ4n) is 4.46. The van der Waals surface area contributed by atoms with E-state index < -0.39 is 16.8 Å². The van der Waals surface area contributed by atoms with E-state index in [1.54, 1.807) is 30.3 Å². The lowest BCUT2D eigenvalue weighted by molar-refractivity contribution is -0.384. The lowest BCUT2D eigenvalue weighted by Gasteiger charge is -2.08. The van der Waals surface area contributed by atoms with Crippen LogP contribution in [0.2, 0.25) is 5.02 Å². The third-order valence-corrected chi connectivity index (χ3v) is 6.81. The molecule has 9 nitrogen and oxygen atoms in total. The number of carbonyl (C=O) groups is 2. The number of non-ortho nitro benzene ring substituents is 1. The molecule has 0 bridgehead atoms. The first-order chi connectivity index (χ1) is 19.9. The fourth-order valence-corrected chi connectivity index (χ4v) is 4.69. The number of nitrogens with zero attached hydrogens (tertiary/aromatic N) is 2. The number of H-pyrrole nitrogens is 1. The van der Waals surface area contributed by atoms with Crippen LogP contribution in [0.5, 0.6) is 5.75 Å². The predicted molar refractivity (Wildman–Crippen MR) is 158 cm³/mol. The quantitative estimate of drug-likeness (QED) is 0.0691. The maximum absolute atomic E-state index is 13.4. The normalized spacial score (nSPS) is 11.1. The Bertz CT molecular complexity index is 1810. The zero-order chi connectivity index (χ0) is 28.9. The fraction of sp³-hybridized carbons (Fsp3) is 0.0645. The number of hydrogen-bond donors (Lipinski definition) is 2. The van der Waals surface area contributed by atoms with Gasteiger partial charge in [-0.1, -0.05) is 67.1 Å². The second-order valence-electron chi connectivity index (χ2n) is 8.98. The van der Waals surface area contributed by atoms with Crippen LogP contribution in [0.1, 0.15) is 38.9 Å². The molecular formula is C31H23ClN4O5. The Labute approximate surface area is 239 Å². The number of carbonyl (C=O) groups excluding carboxylic acids is 2. The third-order valence-electron chi connectivity index (χ3n) is 6.48. The molecule has 0 aliphatic heterocycles. The van der Waals surface area contributed by atoms with Crippen molar-refractivity contribution in [1.82, 2.24) is 10.4 Å². The van der Waals surface area contributed by atoms with Crippen LogP contribution in [-0.2, 0) is 6.42 Å². The monoisotopic (exact) mass is 566 g/mol. The summed E-state index contributed by atoms with van der Waals surface area (Å²) in [6.07, 6.45) is 2.14. The van der Waals surface area contributed by atoms with Crippen LogP contribution in [0.4, 0.5) is 5.69 Å². The summed E-state index contributed by atoms with van der Waals surface area (Å²) in [5, 5.41) is 16.4. The van der Waals surface area contributed by atoms with Gasteiger partial charge in [-0.15, -0.1) is 0 Å². The maximum atomic E-state index is 13.4. The maximum Gasteiger partial charge on any atom is 0.343 e. The minimum atomic E-state index is -0.695. The van der Waals surface area contributed by atoms with Crippen LogP contribution < -0.4 is 10.2 Å². The van der Waals surface area contributed by atoms with Gasteiger partial charge in [0.1, 0.15) is 11.4 Å². The van der Waals surface area contributed by atoms with Gasteiger partial charge < -0.3 is 9.72 Å². The van der Waals surface area contributed by atoms with Gasteiger partial charge in [0, 0.05) is 44.7 Å². The largest absolute Gasteiger partial charge is 0.422 e. The number of nitro groups is 1. The smallest absolute Gasteiger partial charge is 0.343 e. The first kappa shape index (κ1) is 27.3. The Hall–Kier alpha value is -5.28. The van der Waals surface area contributed by atoms with Gasteiger partial charge >= 0.3 is 5.97 Å². The van der Waals surface area contributed by atoms with Gasteiger partial charge in [0.25, 0.3) is 11.6 Å². The highest BCUT2D eigenvalue weighted by atomic mass is 35.5. The number of esters is 1. The molecule has 0 unspecified atom stereocenters. The van der Waals surface area contributed by atoms with Crippen molar-refractivity contribution < 1.29 is 19.2 Å². The number of hydrazone groups is 1. The summed E-state index contributed by atoms with van der Waals surface area (Å²) in [5.74, 6) is -0.974. The Morgan fingerprint density at radius 3 is 2.46 bits per heavy atom. The molecule has 1 amide bonds. The highest BCUT2D eigenvalue weighted by Crippen LogP contribution is 2.37. The number of benzene rings is 4. The Kier molecular flexibility index (Phi) is 7.89. The third kappa shape index (κ3) is 5.70. The Morgan fingerprint density at radius 2 is 1.73 bits per heavy atom. The van der Waals surface area contributed by atoms with E-state index in [2.05, 4.69) is 15.5 Å². The van der Waals surface area contributed by atoms with Gasteiger partial charge in [-0.3, -0.25) is 14.9 Å². The zero-order valence-corrected chi connectivity index (χ0v) is 22.5. The minimum absolute atomic E-state index is 0.136. The molecule has 10 heteroatoms. The topological polar surface area (TPSA) is 127 Å². The van der Waals surface area contributed by atoms with E-state index >= 15 is 0 Å². The number of nitro benzene ring substituents is 1. The van der Waals surface area contributed by atoms with E-state index in [9.17, 15) is 19.7 Å². The summed E-state index contributed by atoms with van der Waals surface area (Å²) < 4.78 is 5.50. The van der Waals surface area contributed by atoms with Crippen molar-refractivity contribution in [1.29, 1.82) is 0 Å². The van der Waals surface area contributed by atoms with Crippen LogP contribution in [0.3, 0.4) is 0 Å². The van der Waals surface area contributed by atoms with Crippen LogP contribution in [0.15, 0.2) is 96.1 Å². The number of amides is 1. The second-order valence-corrected chi connectivity index (χ2v) is 9.39. The van der Waals surface area contributed by atoms with E-state index in [4.69, 9.17) is 16.3 Å². The molecule has 4 aromatic carbocycles. The molecule has 0 aliphatic carbocycles. The van der Waals surface area contributed by atoms with E-state index in [-0.39, 0.29) is 17.0 Å². The van der Waals surface area contributed by atoms with E-state index in [0.29, 0.717) is 27.4 Å². The second kappa shape index (κ2) is 11.8. The van der Waals surface area contributed by atoms with Crippen molar-refractivity contribution in [2.24, 2.45) is 5.10 Å². The van der Waals surface area contributed by atoms with Crippen molar-refractivity contribution in [3.05, 3.63) is 129 Å². The average Bonchev–Trinajstić information content (AvgIpc) is 3.38. The zero-order valence-electron chi connectivity index (χ0n) is 21.8. The standard InChI is InChI=1S/C31H23ClN4O5/c1-2-19-9-7-11-24-27(23-10-4-5-12-25(23)32)29(34-28(19)24)30(37)35-33-18-21-8-3-6-13-26(21)41-31(38)20-14-16-22(17-15-20)36(39)40/h3-18,34H,2H2,1H3,(H,35,37). The van der Waals surface area contributed by atoms with Gasteiger partial charge in [-0.25, -0.2) is 10.2 Å². The lowest BCUT2D eigenvalue weighted by atomic mass is 9.99. The molecule has 1 aromatic heterocycles. The molecule has 0 radical (unpaired) electrons. The summed E-state index contributed by atoms with van der Waals surface area (Å²) in [6.45, 7) is 2.04. The van der Waals surface area contributed by atoms with E-state index in [1.165, 1.54) is 30.5 Å². The number of hydrogen-bond acceptors (Lipinski definition) is 6. The number of aryl methyl sites for hydroxylation is 1. The van der Waals surface area contributed by atoms with Crippen LogP contribution in [-0.4, -0.2) is 28.0 Å². The van der Waals surface area contributed by atoms with Crippen LogP contribution in [0.25, 0.3) is 22.0 Å². The molecule has 2 N–H and O–H groups in total. The molecule has 0 fully saturated rings. The minimum Gasteiger partial charge on any atom is -0.422 e. The molecule has 5 aromatic rings. The molecule has 0 saturated carbocycles. The molecule has 1 heterocycles. The van der Waals surface area contributed by atoms with Crippen molar-refractivity contribution >= 4 is 46.3 Å². The number of ether oxygens (including phenoxy) is 1. The molecule has 0 atom stereocenters. The number of aromatic nitrogens is 1. The first-order valence-corrected chi connectivity index (χ1v) is 13.0. The van der Waals surface area contributed by atoms with Crippen LogP contribution >= 0.6 is 11.6 Å². The summed E-state index contributed by atoms with van der Waals surface area (Å²) >= 11 is 6.53.